The van der Waals surface area contributed by atoms with Crippen molar-refractivity contribution < 1.29 is 12.7 Å². The predicted octanol–water partition coefficient (Wildman–Crippen LogP) is 3.10. The fourth-order valence-corrected chi connectivity index (χ4v) is 3.15. The van der Waals surface area contributed by atoms with Gasteiger partial charge in [-0.2, -0.15) is 13.7 Å². The lowest BCUT2D eigenvalue weighted by molar-refractivity contribution is 0.337. The first-order valence-corrected chi connectivity index (χ1v) is 8.44. The summed E-state index contributed by atoms with van der Waals surface area (Å²) in [4.78, 5) is 0.0903. The lowest BCUT2D eigenvalue weighted by atomic mass is 10.0. The summed E-state index contributed by atoms with van der Waals surface area (Å²) in [5, 5.41) is 12.6. The van der Waals surface area contributed by atoms with Crippen LogP contribution >= 0.6 is 0 Å². The summed E-state index contributed by atoms with van der Waals surface area (Å²) in [5.41, 5.74) is 0. The van der Waals surface area contributed by atoms with Gasteiger partial charge >= 0.3 is 10.1 Å². The van der Waals surface area contributed by atoms with Crippen molar-refractivity contribution in [2.45, 2.75) is 37.0 Å². The van der Waals surface area contributed by atoms with Gasteiger partial charge in [0.25, 0.3) is 0 Å². The third kappa shape index (κ3) is 4.57. The Bertz CT molecular complexity index is 620. The van der Waals surface area contributed by atoms with E-state index in [1.54, 1.807) is 24.4 Å². The Morgan fingerprint density at radius 3 is 2.67 bits per heavy atom. The summed E-state index contributed by atoms with van der Waals surface area (Å²) in [6, 6.07) is 10.2. The van der Waals surface area contributed by atoms with Crippen LogP contribution in [0, 0.1) is 23.2 Å². The smallest absolute Gasteiger partial charge is 0.265 e. The van der Waals surface area contributed by atoms with Gasteiger partial charge in [-0.25, -0.2) is 0 Å². The molecule has 5 nitrogen and oxygen atoms in total. The summed E-state index contributed by atoms with van der Waals surface area (Å²) >= 11 is 0. The van der Waals surface area contributed by atoms with Crippen LogP contribution in [0.25, 0.3) is 0 Å². The van der Waals surface area contributed by atoms with E-state index in [0.717, 1.165) is 32.1 Å². The molecule has 1 aliphatic carbocycles. The van der Waals surface area contributed by atoms with E-state index in [1.807, 2.05) is 0 Å². The largest absolute Gasteiger partial charge is 0.358 e. The fraction of sp³-hybridized carbons (Fsp3) is 0.467. The van der Waals surface area contributed by atoms with Gasteiger partial charge in [0, 0.05) is 12.1 Å². The molecule has 1 aliphatic rings. The molecule has 0 N–H and O–H groups in total. The van der Waals surface area contributed by atoms with Crippen molar-refractivity contribution in [3.63, 3.8) is 0 Å². The molecule has 0 saturated heterocycles. The monoisotopic (exact) mass is 306 g/mol. The predicted molar refractivity (Wildman–Crippen MR) is 78.9 cm³/mol. The van der Waals surface area contributed by atoms with Crippen molar-refractivity contribution in [2.24, 2.45) is 17.0 Å². The minimum Gasteiger partial charge on any atom is -0.265 e. The van der Waals surface area contributed by atoms with E-state index in [1.165, 1.54) is 12.1 Å². The lowest BCUT2D eigenvalue weighted by Gasteiger charge is -2.06. The van der Waals surface area contributed by atoms with Crippen LogP contribution in [-0.2, 0) is 14.4 Å². The zero-order valence-corrected chi connectivity index (χ0v) is 12.5. The van der Waals surface area contributed by atoms with Crippen molar-refractivity contribution in [3.05, 3.63) is 30.3 Å². The third-order valence-electron chi connectivity index (χ3n) is 3.64. The zero-order valence-electron chi connectivity index (χ0n) is 11.7. The number of nitriles is 1. The highest BCUT2D eigenvalue weighted by atomic mass is 32.2. The number of nitrogens with zero attached hydrogens (tertiary/aromatic N) is 2. The Morgan fingerprint density at radius 1 is 1.19 bits per heavy atom. The van der Waals surface area contributed by atoms with Crippen molar-refractivity contribution >= 4 is 16.3 Å². The van der Waals surface area contributed by atoms with Crippen LogP contribution < -0.4 is 0 Å². The Balaban J connectivity index is 1.92. The van der Waals surface area contributed by atoms with E-state index in [0.29, 0.717) is 0 Å². The maximum absolute atomic E-state index is 11.9. The topological polar surface area (TPSA) is 79.5 Å². The van der Waals surface area contributed by atoms with Crippen LogP contribution in [0.3, 0.4) is 0 Å². The van der Waals surface area contributed by atoms with E-state index in [4.69, 9.17) is 5.26 Å². The van der Waals surface area contributed by atoms with Crippen LogP contribution in [0.4, 0.5) is 0 Å². The summed E-state index contributed by atoms with van der Waals surface area (Å²) in [5.74, 6) is 0.284. The first-order valence-electron chi connectivity index (χ1n) is 7.03. The molecule has 0 spiro atoms. The quantitative estimate of drug-likeness (QED) is 0.486. The molecule has 0 bridgehead atoms. The van der Waals surface area contributed by atoms with Crippen molar-refractivity contribution in [1.29, 1.82) is 5.26 Å². The van der Waals surface area contributed by atoms with Crippen LogP contribution in [0.2, 0.25) is 0 Å². The van der Waals surface area contributed by atoms with E-state index in [9.17, 15) is 8.42 Å². The second-order valence-electron chi connectivity index (χ2n) is 5.19. The van der Waals surface area contributed by atoms with E-state index >= 15 is 0 Å². The number of oxime groups is 1. The number of hydrogen-bond donors (Lipinski definition) is 0. The average molecular weight is 306 g/mol. The van der Waals surface area contributed by atoms with Gasteiger partial charge in [-0.05, 0) is 43.7 Å². The molecule has 0 aliphatic heterocycles. The summed E-state index contributed by atoms with van der Waals surface area (Å²) in [7, 11) is -3.84. The molecule has 1 saturated carbocycles. The molecule has 0 amide bonds. The summed E-state index contributed by atoms with van der Waals surface area (Å²) < 4.78 is 28.4. The maximum Gasteiger partial charge on any atom is 0.358 e. The molecule has 0 heterocycles. The minimum absolute atomic E-state index is 0.0903. The van der Waals surface area contributed by atoms with Gasteiger partial charge in [0.05, 0.1) is 6.07 Å². The highest BCUT2D eigenvalue weighted by molar-refractivity contribution is 7.86. The molecule has 0 radical (unpaired) electrons. The lowest BCUT2D eigenvalue weighted by Crippen LogP contribution is -2.05. The maximum atomic E-state index is 11.9. The molecule has 6 heteroatoms. The van der Waals surface area contributed by atoms with E-state index < -0.39 is 10.1 Å². The molecule has 2 rings (SSSR count). The van der Waals surface area contributed by atoms with Gasteiger partial charge < -0.3 is 0 Å². The number of rotatable bonds is 4. The van der Waals surface area contributed by atoms with E-state index in [2.05, 4.69) is 15.5 Å². The van der Waals surface area contributed by atoms with Gasteiger partial charge in [-0.1, -0.05) is 29.8 Å². The molecular weight excluding hydrogens is 288 g/mol. The van der Waals surface area contributed by atoms with Gasteiger partial charge in [0.2, 0.25) is 0 Å². The highest BCUT2D eigenvalue weighted by Crippen LogP contribution is 2.26. The first-order chi connectivity index (χ1) is 10.1. The fourth-order valence-electron chi connectivity index (χ4n) is 2.41. The Morgan fingerprint density at radius 2 is 1.95 bits per heavy atom. The molecule has 2 unspecified atom stereocenters. The summed E-state index contributed by atoms with van der Waals surface area (Å²) in [6.07, 6.45) is 6.01. The first kappa shape index (κ1) is 15.5. The minimum atomic E-state index is -3.84. The Kier molecular flexibility index (Phi) is 5.34. The standard InChI is InChI=1S/C15H18N2O3S/c16-11-13-5-4-6-14(10-9-13)12-17-20-21(18,19)15-7-2-1-3-8-15/h1-3,7-8,12-14H,4-6,9-10H2/b17-12+. The van der Waals surface area contributed by atoms with Crippen LogP contribution in [0.5, 0.6) is 0 Å². The van der Waals surface area contributed by atoms with Gasteiger partial charge in [0.15, 0.2) is 0 Å². The molecule has 1 aromatic carbocycles. The zero-order chi connectivity index (χ0) is 15.1. The van der Waals surface area contributed by atoms with Gasteiger partial charge in [0.1, 0.15) is 4.90 Å². The van der Waals surface area contributed by atoms with Crippen LogP contribution in [0.1, 0.15) is 32.1 Å². The molecular formula is C15H18N2O3S. The second kappa shape index (κ2) is 7.23. The molecule has 0 aromatic heterocycles. The molecule has 2 atom stereocenters. The van der Waals surface area contributed by atoms with Gasteiger partial charge in [-0.15, -0.1) is 0 Å². The number of hydrogen-bond acceptors (Lipinski definition) is 5. The molecule has 1 fully saturated rings. The SMILES string of the molecule is N#CC1CCCC(/C=N/OS(=O)(=O)c2ccccc2)CC1. The van der Waals surface area contributed by atoms with Crippen molar-refractivity contribution in [2.75, 3.05) is 0 Å². The van der Waals surface area contributed by atoms with Crippen molar-refractivity contribution in [3.8, 4) is 6.07 Å². The average Bonchev–Trinajstić information content (AvgIpc) is 2.73. The summed E-state index contributed by atoms with van der Waals surface area (Å²) in [6.45, 7) is 0. The normalized spacial score (nSPS) is 23.4. The molecule has 1 aromatic rings. The number of benzene rings is 1. The highest BCUT2D eigenvalue weighted by Gasteiger charge is 2.18. The molecule has 21 heavy (non-hydrogen) atoms. The Hall–Kier alpha value is -1.87. The Labute approximate surface area is 125 Å². The molecule has 112 valence electrons. The van der Waals surface area contributed by atoms with Crippen LogP contribution in [-0.4, -0.2) is 14.6 Å². The second-order valence-corrected chi connectivity index (χ2v) is 6.72. The van der Waals surface area contributed by atoms with Gasteiger partial charge in [-0.3, -0.25) is 4.28 Å². The van der Waals surface area contributed by atoms with Crippen LogP contribution in [0.15, 0.2) is 40.4 Å². The third-order valence-corrected chi connectivity index (χ3v) is 4.77. The van der Waals surface area contributed by atoms with E-state index in [-0.39, 0.29) is 16.7 Å². The van der Waals surface area contributed by atoms with Crippen molar-refractivity contribution in [1.82, 2.24) is 0 Å².